The van der Waals surface area contributed by atoms with Crippen LogP contribution in [0.3, 0.4) is 0 Å². The summed E-state index contributed by atoms with van der Waals surface area (Å²) in [6.07, 6.45) is 0.904. The van der Waals surface area contributed by atoms with Gasteiger partial charge >= 0.3 is 0 Å². The highest BCUT2D eigenvalue weighted by Gasteiger charge is 2.24. The third-order valence-corrected chi connectivity index (χ3v) is 3.17. The van der Waals surface area contributed by atoms with Crippen molar-refractivity contribution in [2.45, 2.75) is 52.5 Å². The van der Waals surface area contributed by atoms with E-state index in [0.29, 0.717) is 0 Å². The fraction of sp³-hybridized carbons (Fsp3) is 0.571. The molecule has 0 saturated carbocycles. The van der Waals surface area contributed by atoms with Gasteiger partial charge in [-0.05, 0) is 41.5 Å². The number of hydrazine groups is 1. The second-order valence-electron chi connectivity index (χ2n) is 5.63. The normalized spacial score (nSPS) is 13.6. The van der Waals surface area contributed by atoms with Gasteiger partial charge in [-0.25, -0.2) is 0 Å². The molecule has 0 spiro atoms. The maximum Gasteiger partial charge on any atom is 0.0535 e. The maximum atomic E-state index is 6.24. The first kappa shape index (κ1) is 14.0. The molecule has 0 aliphatic heterocycles. The first-order valence-corrected chi connectivity index (χ1v) is 6.19. The van der Waals surface area contributed by atoms with E-state index in [9.17, 15) is 0 Å². The van der Waals surface area contributed by atoms with Gasteiger partial charge in [0.05, 0.1) is 5.69 Å². The minimum absolute atomic E-state index is 0.0233. The molecule has 0 aliphatic rings. The van der Waals surface area contributed by atoms with Crippen molar-refractivity contribution in [2.24, 2.45) is 11.6 Å². The van der Waals surface area contributed by atoms with E-state index in [4.69, 9.17) is 11.6 Å². The number of benzene rings is 1. The van der Waals surface area contributed by atoms with Gasteiger partial charge in [-0.3, -0.25) is 5.84 Å². The Morgan fingerprint density at radius 3 is 2.29 bits per heavy atom. The zero-order valence-electron chi connectivity index (χ0n) is 11.6. The van der Waals surface area contributed by atoms with E-state index in [1.54, 1.807) is 0 Å². The zero-order valence-corrected chi connectivity index (χ0v) is 11.6. The lowest BCUT2D eigenvalue weighted by Gasteiger charge is -2.29. The maximum absolute atomic E-state index is 6.24. The Morgan fingerprint density at radius 2 is 1.88 bits per heavy atom. The van der Waals surface area contributed by atoms with Gasteiger partial charge in [0.2, 0.25) is 0 Å². The minimum atomic E-state index is 0.0233. The van der Waals surface area contributed by atoms with Crippen molar-refractivity contribution in [3.05, 3.63) is 28.8 Å². The fourth-order valence-corrected chi connectivity index (χ4v) is 2.44. The summed E-state index contributed by atoms with van der Waals surface area (Å²) in [6.45, 7) is 10.9. The van der Waals surface area contributed by atoms with E-state index in [-0.39, 0.29) is 11.5 Å². The highest BCUT2D eigenvalue weighted by molar-refractivity contribution is 5.59. The molecule has 0 saturated heterocycles. The largest absolute Gasteiger partial charge is 0.324 e. The monoisotopic (exact) mass is 235 g/mol. The third kappa shape index (κ3) is 2.79. The van der Waals surface area contributed by atoms with Crippen LogP contribution in [0, 0.1) is 6.92 Å². The summed E-state index contributed by atoms with van der Waals surface area (Å²) in [5.74, 6) is 5.60. The van der Waals surface area contributed by atoms with Crippen LogP contribution in [0.25, 0.3) is 0 Å². The van der Waals surface area contributed by atoms with Crippen molar-refractivity contribution in [1.29, 1.82) is 0 Å². The molecule has 0 amide bonds. The number of nitrogens with one attached hydrogen (secondary N) is 1. The molecule has 0 heterocycles. The second-order valence-corrected chi connectivity index (χ2v) is 5.63. The summed E-state index contributed by atoms with van der Waals surface area (Å²) in [4.78, 5) is 0. The van der Waals surface area contributed by atoms with E-state index in [2.05, 4.69) is 46.1 Å². The van der Waals surface area contributed by atoms with Crippen LogP contribution in [0.5, 0.6) is 0 Å². The Hall–Kier alpha value is -1.06. The molecule has 1 unspecified atom stereocenters. The molecule has 0 radical (unpaired) electrons. The lowest BCUT2D eigenvalue weighted by molar-refractivity contribution is 0.563. The van der Waals surface area contributed by atoms with E-state index in [1.807, 2.05) is 6.07 Å². The van der Waals surface area contributed by atoms with Gasteiger partial charge in [0.15, 0.2) is 0 Å². The molecular weight excluding hydrogens is 210 g/mol. The molecular formula is C14H25N3. The molecule has 3 heteroatoms. The van der Waals surface area contributed by atoms with Gasteiger partial charge in [0, 0.05) is 6.04 Å². The van der Waals surface area contributed by atoms with Crippen molar-refractivity contribution in [1.82, 2.24) is 0 Å². The topological polar surface area (TPSA) is 64.1 Å². The summed E-state index contributed by atoms with van der Waals surface area (Å²) in [5, 5.41) is 0. The number of rotatable bonds is 3. The minimum Gasteiger partial charge on any atom is -0.324 e. The molecule has 3 nitrogen and oxygen atoms in total. The molecule has 0 aliphatic carbocycles. The molecule has 1 aromatic carbocycles. The summed E-state index contributed by atoms with van der Waals surface area (Å²) in [5.41, 5.74) is 13.8. The number of aryl methyl sites for hydroxylation is 1. The number of anilines is 1. The Morgan fingerprint density at radius 1 is 1.29 bits per heavy atom. The van der Waals surface area contributed by atoms with E-state index in [0.717, 1.165) is 17.7 Å². The zero-order chi connectivity index (χ0) is 13.2. The number of nitrogen functional groups attached to an aromatic ring is 1. The van der Waals surface area contributed by atoms with Gasteiger partial charge in [0.1, 0.15) is 0 Å². The average molecular weight is 235 g/mol. The van der Waals surface area contributed by atoms with Crippen LogP contribution >= 0.6 is 0 Å². The lowest BCUT2D eigenvalue weighted by Crippen LogP contribution is -2.24. The van der Waals surface area contributed by atoms with Crippen LogP contribution in [0.4, 0.5) is 5.69 Å². The molecule has 0 fully saturated rings. The Bertz CT molecular complexity index is 391. The SMILES string of the molecule is CCC(N)c1c(NN)ccc(C)c1C(C)(C)C. The first-order chi connectivity index (χ1) is 7.82. The van der Waals surface area contributed by atoms with Crippen LogP contribution in [0.15, 0.2) is 12.1 Å². The Balaban J connectivity index is 3.54. The Labute approximate surface area is 105 Å². The van der Waals surface area contributed by atoms with Crippen molar-refractivity contribution >= 4 is 5.69 Å². The predicted octanol–water partition coefficient (Wildman–Crippen LogP) is 2.99. The highest BCUT2D eigenvalue weighted by atomic mass is 15.2. The van der Waals surface area contributed by atoms with Crippen LogP contribution in [-0.2, 0) is 5.41 Å². The summed E-state index contributed by atoms with van der Waals surface area (Å²) >= 11 is 0. The predicted molar refractivity (Wildman–Crippen MR) is 74.9 cm³/mol. The number of hydrogen-bond acceptors (Lipinski definition) is 3. The molecule has 1 aromatic rings. The number of nitrogens with two attached hydrogens (primary N) is 2. The van der Waals surface area contributed by atoms with Crippen molar-refractivity contribution < 1.29 is 0 Å². The van der Waals surface area contributed by atoms with Crippen LogP contribution in [0.2, 0.25) is 0 Å². The van der Waals surface area contributed by atoms with Gasteiger partial charge < -0.3 is 11.2 Å². The average Bonchev–Trinajstić information content (AvgIpc) is 2.25. The van der Waals surface area contributed by atoms with Crippen LogP contribution in [-0.4, -0.2) is 0 Å². The van der Waals surface area contributed by atoms with Gasteiger partial charge in [0.25, 0.3) is 0 Å². The summed E-state index contributed by atoms with van der Waals surface area (Å²) in [7, 11) is 0. The van der Waals surface area contributed by atoms with Crippen molar-refractivity contribution in [3.8, 4) is 0 Å². The fourth-order valence-electron chi connectivity index (χ4n) is 2.44. The van der Waals surface area contributed by atoms with Crippen molar-refractivity contribution in [3.63, 3.8) is 0 Å². The van der Waals surface area contributed by atoms with Crippen LogP contribution in [0.1, 0.15) is 56.8 Å². The lowest BCUT2D eigenvalue weighted by atomic mass is 9.78. The molecule has 1 atom stereocenters. The summed E-state index contributed by atoms with van der Waals surface area (Å²) < 4.78 is 0. The second kappa shape index (κ2) is 5.07. The Kier molecular flexibility index (Phi) is 4.17. The molecule has 1 rings (SSSR count). The first-order valence-electron chi connectivity index (χ1n) is 6.19. The molecule has 96 valence electrons. The van der Waals surface area contributed by atoms with Gasteiger partial charge in [-0.1, -0.05) is 33.8 Å². The van der Waals surface area contributed by atoms with Gasteiger partial charge in [-0.2, -0.15) is 0 Å². The van der Waals surface area contributed by atoms with E-state index in [1.165, 1.54) is 11.1 Å². The van der Waals surface area contributed by atoms with Crippen molar-refractivity contribution in [2.75, 3.05) is 5.43 Å². The molecule has 0 bridgehead atoms. The highest BCUT2D eigenvalue weighted by Crippen LogP contribution is 2.37. The smallest absolute Gasteiger partial charge is 0.0535 e. The van der Waals surface area contributed by atoms with Crippen LogP contribution < -0.4 is 17.0 Å². The summed E-state index contributed by atoms with van der Waals surface area (Å²) in [6, 6.07) is 4.13. The number of hydrogen-bond donors (Lipinski definition) is 3. The molecule has 5 N–H and O–H groups in total. The quantitative estimate of drug-likeness (QED) is 0.557. The van der Waals surface area contributed by atoms with Gasteiger partial charge in [-0.15, -0.1) is 0 Å². The standard InChI is InChI=1S/C14H25N3/c1-6-10(15)12-11(17-16)8-7-9(2)13(12)14(3,4)5/h7-8,10,17H,6,15-16H2,1-5H3. The molecule has 17 heavy (non-hydrogen) atoms. The molecule has 0 aromatic heterocycles. The third-order valence-electron chi connectivity index (χ3n) is 3.17. The van der Waals surface area contributed by atoms with E-state index < -0.39 is 0 Å². The van der Waals surface area contributed by atoms with E-state index >= 15 is 0 Å².